The quantitative estimate of drug-likeness (QED) is 0.407. The summed E-state index contributed by atoms with van der Waals surface area (Å²) in [4.78, 5) is 2.48. The van der Waals surface area contributed by atoms with Crippen molar-refractivity contribution in [3.63, 3.8) is 0 Å². The third-order valence-electron chi connectivity index (χ3n) is 6.06. The maximum absolute atomic E-state index is 13.1. The van der Waals surface area contributed by atoms with Crippen molar-refractivity contribution in [1.29, 1.82) is 0 Å². The van der Waals surface area contributed by atoms with Crippen LogP contribution in [-0.4, -0.2) is 31.1 Å². The van der Waals surface area contributed by atoms with Gasteiger partial charge in [-0.15, -0.1) is 0 Å². The van der Waals surface area contributed by atoms with Crippen LogP contribution in [0, 0.1) is 11.7 Å². The third kappa shape index (κ3) is 7.62. The van der Waals surface area contributed by atoms with Crippen LogP contribution in [0.1, 0.15) is 55.2 Å². The van der Waals surface area contributed by atoms with Crippen molar-refractivity contribution in [2.24, 2.45) is 5.92 Å². The van der Waals surface area contributed by atoms with E-state index in [0.29, 0.717) is 25.0 Å². The lowest BCUT2D eigenvalue weighted by atomic mass is 9.95. The second-order valence-electron chi connectivity index (χ2n) is 8.61. The van der Waals surface area contributed by atoms with Gasteiger partial charge in [-0.05, 0) is 86.0 Å². The predicted molar refractivity (Wildman–Crippen MR) is 114 cm³/mol. The second kappa shape index (κ2) is 11.1. The van der Waals surface area contributed by atoms with Crippen LogP contribution >= 0.6 is 0 Å². The molecule has 0 spiro atoms. The molecule has 170 valence electrons. The Labute approximate surface area is 182 Å². The van der Waals surface area contributed by atoms with E-state index >= 15 is 0 Å². The van der Waals surface area contributed by atoms with E-state index < -0.39 is 11.7 Å². The number of likely N-dealkylation sites (tertiary alicyclic amines) is 1. The highest BCUT2D eigenvalue weighted by Crippen LogP contribution is 2.29. The largest absolute Gasteiger partial charge is 0.416 e. The highest BCUT2D eigenvalue weighted by molar-refractivity contribution is 5.24. The molecule has 0 aromatic heterocycles. The minimum atomic E-state index is -4.30. The lowest BCUT2D eigenvalue weighted by Crippen LogP contribution is -2.37. The molecule has 2 aromatic carbocycles. The fraction of sp³-hybridized carbons (Fsp3) is 0.520. The fourth-order valence-corrected chi connectivity index (χ4v) is 4.20. The average Bonchev–Trinajstić information content (AvgIpc) is 2.74. The van der Waals surface area contributed by atoms with Crippen LogP contribution < -0.4 is 0 Å². The molecule has 2 nitrogen and oxygen atoms in total. The molecule has 1 saturated heterocycles. The van der Waals surface area contributed by atoms with E-state index in [-0.39, 0.29) is 5.82 Å². The van der Waals surface area contributed by atoms with E-state index in [1.807, 2.05) is 12.1 Å². The van der Waals surface area contributed by atoms with E-state index in [4.69, 9.17) is 4.74 Å². The Hall–Kier alpha value is -1.92. The SMILES string of the molecule is CC(CCCN1CCCC(COCc2ccc(C(F)(F)F)cc2)C1)c1ccc(F)cc1. The average molecular weight is 438 g/mol. The number of halogens is 4. The first-order valence-corrected chi connectivity index (χ1v) is 11.0. The Kier molecular flexibility index (Phi) is 8.50. The summed E-state index contributed by atoms with van der Waals surface area (Å²) in [5, 5.41) is 0. The van der Waals surface area contributed by atoms with Gasteiger partial charge in [0.25, 0.3) is 0 Å². The molecular weight excluding hydrogens is 406 g/mol. The van der Waals surface area contributed by atoms with Crippen molar-refractivity contribution in [1.82, 2.24) is 4.90 Å². The summed E-state index contributed by atoms with van der Waals surface area (Å²) >= 11 is 0. The molecule has 0 radical (unpaired) electrons. The van der Waals surface area contributed by atoms with Gasteiger partial charge in [-0.3, -0.25) is 0 Å². The zero-order valence-corrected chi connectivity index (χ0v) is 18.0. The monoisotopic (exact) mass is 437 g/mol. The fourth-order valence-electron chi connectivity index (χ4n) is 4.20. The number of benzene rings is 2. The maximum Gasteiger partial charge on any atom is 0.416 e. The molecule has 0 aliphatic carbocycles. The highest BCUT2D eigenvalue weighted by Gasteiger charge is 2.30. The van der Waals surface area contributed by atoms with Gasteiger partial charge in [0.15, 0.2) is 0 Å². The molecule has 1 aliphatic heterocycles. The van der Waals surface area contributed by atoms with Crippen molar-refractivity contribution in [3.05, 3.63) is 71.0 Å². The first-order chi connectivity index (χ1) is 14.8. The van der Waals surface area contributed by atoms with Crippen molar-refractivity contribution < 1.29 is 22.3 Å². The normalized spacial score (nSPS) is 18.8. The van der Waals surface area contributed by atoms with Gasteiger partial charge in [0.2, 0.25) is 0 Å². The lowest BCUT2D eigenvalue weighted by molar-refractivity contribution is -0.137. The lowest BCUT2D eigenvalue weighted by Gasteiger charge is -2.32. The van der Waals surface area contributed by atoms with Gasteiger partial charge >= 0.3 is 6.18 Å². The molecule has 6 heteroatoms. The summed E-state index contributed by atoms with van der Waals surface area (Å²) in [7, 11) is 0. The van der Waals surface area contributed by atoms with Crippen LogP contribution in [0.5, 0.6) is 0 Å². The topological polar surface area (TPSA) is 12.5 Å². The molecule has 3 rings (SSSR count). The molecule has 1 heterocycles. The Morgan fingerprint density at radius 3 is 2.45 bits per heavy atom. The zero-order valence-electron chi connectivity index (χ0n) is 18.0. The smallest absolute Gasteiger partial charge is 0.376 e. The minimum Gasteiger partial charge on any atom is -0.376 e. The molecule has 31 heavy (non-hydrogen) atoms. The van der Waals surface area contributed by atoms with Crippen molar-refractivity contribution >= 4 is 0 Å². The van der Waals surface area contributed by atoms with Crippen LogP contribution in [0.15, 0.2) is 48.5 Å². The van der Waals surface area contributed by atoms with E-state index in [0.717, 1.165) is 63.0 Å². The van der Waals surface area contributed by atoms with Crippen LogP contribution in [0.2, 0.25) is 0 Å². The van der Waals surface area contributed by atoms with Gasteiger partial charge in [0.1, 0.15) is 5.82 Å². The molecule has 2 unspecified atom stereocenters. The first-order valence-electron chi connectivity index (χ1n) is 11.0. The second-order valence-corrected chi connectivity index (χ2v) is 8.61. The van der Waals surface area contributed by atoms with Crippen LogP contribution in [0.3, 0.4) is 0 Å². The van der Waals surface area contributed by atoms with Crippen molar-refractivity contribution in [2.45, 2.75) is 51.3 Å². The highest BCUT2D eigenvalue weighted by atomic mass is 19.4. The number of alkyl halides is 3. The number of hydrogen-bond donors (Lipinski definition) is 0. The summed E-state index contributed by atoms with van der Waals surface area (Å²) in [6.07, 6.45) is 0.119. The molecule has 2 atom stereocenters. The van der Waals surface area contributed by atoms with E-state index in [2.05, 4.69) is 11.8 Å². The summed E-state index contributed by atoms with van der Waals surface area (Å²) in [5.41, 5.74) is 1.30. The van der Waals surface area contributed by atoms with Crippen molar-refractivity contribution in [3.8, 4) is 0 Å². The standard InChI is InChI=1S/C25H31F4NO/c1-19(22-8-12-24(26)13-9-22)4-2-14-30-15-3-5-21(16-30)18-31-17-20-6-10-23(11-7-20)25(27,28)29/h6-13,19,21H,2-5,14-18H2,1H3. The summed E-state index contributed by atoms with van der Waals surface area (Å²) in [6, 6.07) is 12.0. The summed E-state index contributed by atoms with van der Waals surface area (Å²) < 4.78 is 56.8. The summed E-state index contributed by atoms with van der Waals surface area (Å²) in [5.74, 6) is 0.668. The Bertz CT molecular complexity index is 789. The van der Waals surface area contributed by atoms with Crippen LogP contribution in [0.25, 0.3) is 0 Å². The van der Waals surface area contributed by atoms with E-state index in [1.165, 1.54) is 29.8 Å². The van der Waals surface area contributed by atoms with Gasteiger partial charge in [0.05, 0.1) is 18.8 Å². The molecule has 0 bridgehead atoms. The van der Waals surface area contributed by atoms with Crippen molar-refractivity contribution in [2.75, 3.05) is 26.2 Å². The van der Waals surface area contributed by atoms with Crippen LogP contribution in [0.4, 0.5) is 17.6 Å². The molecule has 0 amide bonds. The predicted octanol–water partition coefficient (Wildman–Crippen LogP) is 6.66. The van der Waals surface area contributed by atoms with Gasteiger partial charge in [-0.2, -0.15) is 13.2 Å². The molecule has 1 aliphatic rings. The third-order valence-corrected chi connectivity index (χ3v) is 6.06. The summed E-state index contributed by atoms with van der Waals surface area (Å²) in [6.45, 7) is 6.29. The number of ether oxygens (including phenoxy) is 1. The first kappa shape index (κ1) is 23.7. The number of rotatable bonds is 9. The number of nitrogens with zero attached hydrogens (tertiary/aromatic N) is 1. The maximum atomic E-state index is 13.1. The van der Waals surface area contributed by atoms with E-state index in [9.17, 15) is 17.6 Å². The zero-order chi connectivity index (χ0) is 22.3. The number of hydrogen-bond acceptors (Lipinski definition) is 2. The van der Waals surface area contributed by atoms with Crippen LogP contribution in [-0.2, 0) is 17.5 Å². The molecule has 0 N–H and O–H groups in total. The van der Waals surface area contributed by atoms with Gasteiger partial charge in [-0.25, -0.2) is 4.39 Å². The minimum absolute atomic E-state index is 0.198. The molecule has 1 fully saturated rings. The Morgan fingerprint density at radius 2 is 1.77 bits per heavy atom. The van der Waals surface area contributed by atoms with Gasteiger partial charge < -0.3 is 9.64 Å². The Morgan fingerprint density at radius 1 is 1.06 bits per heavy atom. The molecular formula is C25H31F4NO. The molecule has 2 aromatic rings. The van der Waals surface area contributed by atoms with E-state index in [1.54, 1.807) is 0 Å². The van der Waals surface area contributed by atoms with Gasteiger partial charge in [0, 0.05) is 6.54 Å². The molecule has 0 saturated carbocycles. The number of piperidine rings is 1. The Balaban J connectivity index is 1.35. The van der Waals surface area contributed by atoms with Gasteiger partial charge in [-0.1, -0.05) is 31.2 Å².